The van der Waals surface area contributed by atoms with E-state index in [1.165, 1.54) is 6.92 Å². The van der Waals surface area contributed by atoms with E-state index in [4.69, 9.17) is 5.11 Å². The van der Waals surface area contributed by atoms with Gasteiger partial charge < -0.3 is 15.7 Å². The minimum absolute atomic E-state index is 0.0488. The van der Waals surface area contributed by atoms with Crippen molar-refractivity contribution in [1.29, 1.82) is 0 Å². The first-order chi connectivity index (χ1) is 6.09. The predicted octanol–water partition coefficient (Wildman–Crippen LogP) is -0.815. The number of amides is 1. The van der Waals surface area contributed by atoms with Crippen LogP contribution in [0.15, 0.2) is 0 Å². The van der Waals surface area contributed by atoms with Crippen LogP contribution in [-0.4, -0.2) is 36.1 Å². The molecule has 0 aliphatic carbocycles. The van der Waals surface area contributed by atoms with Crippen molar-refractivity contribution < 1.29 is 14.7 Å². The molecule has 74 valence electrons. The van der Waals surface area contributed by atoms with E-state index in [1.54, 1.807) is 0 Å². The predicted molar refractivity (Wildman–Crippen MR) is 46.2 cm³/mol. The normalized spacial score (nSPS) is 28.1. The second-order valence-electron chi connectivity index (χ2n) is 3.33. The van der Waals surface area contributed by atoms with Crippen LogP contribution in [0.25, 0.3) is 0 Å². The molecule has 0 unspecified atom stereocenters. The van der Waals surface area contributed by atoms with E-state index in [2.05, 4.69) is 10.6 Å². The Morgan fingerprint density at radius 3 is 2.69 bits per heavy atom. The number of hydrogen-bond donors (Lipinski definition) is 3. The minimum Gasteiger partial charge on any atom is -0.481 e. The molecule has 1 amide bonds. The summed E-state index contributed by atoms with van der Waals surface area (Å²) in [7, 11) is 0. The molecule has 2 atom stereocenters. The van der Waals surface area contributed by atoms with Gasteiger partial charge in [-0.3, -0.25) is 9.59 Å². The zero-order valence-electron chi connectivity index (χ0n) is 7.54. The third-order valence-corrected chi connectivity index (χ3v) is 2.11. The molecule has 0 aromatic rings. The summed E-state index contributed by atoms with van der Waals surface area (Å²) in [4.78, 5) is 21.3. The van der Waals surface area contributed by atoms with Crippen LogP contribution in [0.4, 0.5) is 0 Å². The van der Waals surface area contributed by atoms with Crippen molar-refractivity contribution in [2.24, 2.45) is 5.92 Å². The van der Waals surface area contributed by atoms with Gasteiger partial charge in [0.05, 0.1) is 5.92 Å². The fourth-order valence-electron chi connectivity index (χ4n) is 1.53. The van der Waals surface area contributed by atoms with Crippen molar-refractivity contribution in [1.82, 2.24) is 10.6 Å². The van der Waals surface area contributed by atoms with E-state index in [9.17, 15) is 9.59 Å². The highest BCUT2D eigenvalue weighted by Gasteiger charge is 2.26. The van der Waals surface area contributed by atoms with Crippen LogP contribution in [0.1, 0.15) is 13.3 Å². The smallest absolute Gasteiger partial charge is 0.307 e. The molecule has 13 heavy (non-hydrogen) atoms. The summed E-state index contributed by atoms with van der Waals surface area (Å²) in [6.07, 6.45) is 0.516. The monoisotopic (exact) mass is 186 g/mol. The number of aliphatic carboxylic acids is 1. The fraction of sp³-hybridized carbons (Fsp3) is 0.750. The molecule has 1 aliphatic heterocycles. The van der Waals surface area contributed by atoms with Crippen molar-refractivity contribution in [3.8, 4) is 0 Å². The van der Waals surface area contributed by atoms with Gasteiger partial charge in [0.15, 0.2) is 0 Å². The summed E-state index contributed by atoms with van der Waals surface area (Å²) in [6.45, 7) is 2.58. The van der Waals surface area contributed by atoms with Crippen molar-refractivity contribution in [2.75, 3.05) is 13.1 Å². The van der Waals surface area contributed by atoms with Crippen molar-refractivity contribution in [3.63, 3.8) is 0 Å². The van der Waals surface area contributed by atoms with E-state index in [0.29, 0.717) is 19.5 Å². The molecule has 0 aromatic carbocycles. The lowest BCUT2D eigenvalue weighted by atomic mass is 9.96. The van der Waals surface area contributed by atoms with E-state index in [0.717, 1.165) is 0 Å². The number of rotatable bonds is 2. The third kappa shape index (κ3) is 3.02. The Labute approximate surface area is 76.5 Å². The highest BCUT2D eigenvalue weighted by atomic mass is 16.4. The number of carbonyl (C=O) groups excluding carboxylic acids is 1. The van der Waals surface area contributed by atoms with Gasteiger partial charge >= 0.3 is 5.97 Å². The van der Waals surface area contributed by atoms with E-state index in [-0.39, 0.29) is 17.9 Å². The molecule has 1 saturated heterocycles. The van der Waals surface area contributed by atoms with Gasteiger partial charge in [0, 0.05) is 26.1 Å². The zero-order valence-corrected chi connectivity index (χ0v) is 7.54. The standard InChI is InChI=1S/C8H14N2O3/c1-5(11)10-7-2-6(8(12)13)3-9-4-7/h6-7,9H,2-4H2,1H3,(H,10,11)(H,12,13)/t6-,7-/m1/s1. The maximum Gasteiger partial charge on any atom is 0.307 e. The fourth-order valence-corrected chi connectivity index (χ4v) is 1.53. The van der Waals surface area contributed by atoms with Gasteiger partial charge in [-0.05, 0) is 6.42 Å². The molecule has 1 heterocycles. The molecule has 3 N–H and O–H groups in total. The van der Waals surface area contributed by atoms with Gasteiger partial charge in [-0.1, -0.05) is 0 Å². The van der Waals surface area contributed by atoms with Crippen LogP contribution < -0.4 is 10.6 Å². The summed E-state index contributed by atoms with van der Waals surface area (Å²) in [5, 5.41) is 14.4. The Kier molecular flexibility index (Phi) is 3.25. The topological polar surface area (TPSA) is 78.4 Å². The average Bonchev–Trinajstić information content (AvgIpc) is 2.03. The van der Waals surface area contributed by atoms with Crippen LogP contribution in [0, 0.1) is 5.92 Å². The first-order valence-electron chi connectivity index (χ1n) is 4.30. The molecule has 1 fully saturated rings. The quantitative estimate of drug-likeness (QED) is 0.527. The van der Waals surface area contributed by atoms with Crippen molar-refractivity contribution >= 4 is 11.9 Å². The van der Waals surface area contributed by atoms with Crippen molar-refractivity contribution in [2.45, 2.75) is 19.4 Å². The van der Waals surface area contributed by atoms with Crippen LogP contribution in [0.3, 0.4) is 0 Å². The molecule has 0 saturated carbocycles. The van der Waals surface area contributed by atoms with Gasteiger partial charge in [-0.2, -0.15) is 0 Å². The summed E-state index contributed by atoms with van der Waals surface area (Å²) in [5.74, 6) is -1.30. The Morgan fingerprint density at radius 2 is 2.15 bits per heavy atom. The van der Waals surface area contributed by atoms with Crippen molar-refractivity contribution in [3.05, 3.63) is 0 Å². The summed E-state index contributed by atoms with van der Waals surface area (Å²) < 4.78 is 0. The van der Waals surface area contributed by atoms with Crippen LogP contribution in [0.5, 0.6) is 0 Å². The molecule has 1 aliphatic rings. The minimum atomic E-state index is -0.803. The largest absolute Gasteiger partial charge is 0.481 e. The molecule has 0 spiro atoms. The average molecular weight is 186 g/mol. The number of carboxylic acid groups (broad SMARTS) is 1. The number of carboxylic acids is 1. The Morgan fingerprint density at radius 1 is 1.46 bits per heavy atom. The number of carbonyl (C=O) groups is 2. The van der Waals surface area contributed by atoms with Crippen LogP contribution in [-0.2, 0) is 9.59 Å². The highest BCUT2D eigenvalue weighted by molar-refractivity contribution is 5.74. The third-order valence-electron chi connectivity index (χ3n) is 2.11. The first-order valence-corrected chi connectivity index (χ1v) is 4.30. The molecule has 1 rings (SSSR count). The summed E-state index contributed by atoms with van der Waals surface area (Å²) in [5.41, 5.74) is 0. The van der Waals surface area contributed by atoms with Gasteiger partial charge in [0.1, 0.15) is 0 Å². The van der Waals surface area contributed by atoms with E-state index >= 15 is 0 Å². The molecular weight excluding hydrogens is 172 g/mol. The second-order valence-corrected chi connectivity index (χ2v) is 3.33. The Balaban J connectivity index is 2.41. The maximum absolute atomic E-state index is 10.7. The molecule has 0 aromatic heterocycles. The highest BCUT2D eigenvalue weighted by Crippen LogP contribution is 2.10. The van der Waals surface area contributed by atoms with Gasteiger partial charge in [-0.25, -0.2) is 0 Å². The second kappa shape index (κ2) is 4.23. The summed E-state index contributed by atoms with van der Waals surface area (Å²) in [6, 6.07) is -0.0488. The van der Waals surface area contributed by atoms with Crippen LogP contribution in [0.2, 0.25) is 0 Å². The molecule has 0 bridgehead atoms. The summed E-state index contributed by atoms with van der Waals surface area (Å²) >= 11 is 0. The van der Waals surface area contributed by atoms with E-state index < -0.39 is 5.97 Å². The lowest BCUT2D eigenvalue weighted by Gasteiger charge is -2.27. The lowest BCUT2D eigenvalue weighted by molar-refractivity contribution is -0.142. The Hall–Kier alpha value is -1.10. The molecular formula is C8H14N2O3. The number of nitrogens with one attached hydrogen (secondary N) is 2. The SMILES string of the molecule is CC(=O)N[C@H]1CNC[C@H](C(=O)O)C1. The van der Waals surface area contributed by atoms with Gasteiger partial charge in [0.25, 0.3) is 0 Å². The number of hydrogen-bond acceptors (Lipinski definition) is 3. The number of piperidine rings is 1. The van der Waals surface area contributed by atoms with Crippen LogP contribution >= 0.6 is 0 Å². The molecule has 0 radical (unpaired) electrons. The Bertz CT molecular complexity index is 217. The maximum atomic E-state index is 10.7. The van der Waals surface area contributed by atoms with E-state index in [1.807, 2.05) is 0 Å². The lowest BCUT2D eigenvalue weighted by Crippen LogP contribution is -2.50. The van der Waals surface area contributed by atoms with Gasteiger partial charge in [-0.15, -0.1) is 0 Å². The molecule has 5 heteroatoms. The first kappa shape index (κ1) is 9.98. The zero-order chi connectivity index (χ0) is 9.84. The molecule has 5 nitrogen and oxygen atoms in total. The van der Waals surface area contributed by atoms with Gasteiger partial charge in [0.2, 0.25) is 5.91 Å².